The molecule has 0 bridgehead atoms. The second-order valence-corrected chi connectivity index (χ2v) is 5.20. The predicted molar refractivity (Wildman–Crippen MR) is 78.3 cm³/mol. The lowest BCUT2D eigenvalue weighted by Crippen LogP contribution is -2.36. The molecule has 114 valence electrons. The lowest BCUT2D eigenvalue weighted by Gasteiger charge is -2.20. The summed E-state index contributed by atoms with van der Waals surface area (Å²) in [5.41, 5.74) is 0.659. The SMILES string of the molecule is CCN(CCO)C(=O)Nc1ccc(C2(C(=O)O)CC2)cc1. The molecule has 3 N–H and O–H groups in total. The minimum absolute atomic E-state index is 0.0820. The highest BCUT2D eigenvalue weighted by molar-refractivity contribution is 5.90. The van der Waals surface area contributed by atoms with E-state index in [1.54, 1.807) is 24.3 Å². The maximum atomic E-state index is 11.9. The molecule has 0 radical (unpaired) electrons. The molecule has 1 aliphatic rings. The molecule has 2 rings (SSSR count). The topological polar surface area (TPSA) is 89.9 Å². The Morgan fingerprint density at radius 1 is 1.29 bits per heavy atom. The number of aliphatic hydroxyl groups excluding tert-OH is 1. The number of urea groups is 1. The van der Waals surface area contributed by atoms with E-state index in [1.165, 1.54) is 4.90 Å². The zero-order valence-corrected chi connectivity index (χ0v) is 12.0. The van der Waals surface area contributed by atoms with Crippen LogP contribution in [0.5, 0.6) is 0 Å². The number of amides is 2. The minimum atomic E-state index is -0.792. The molecule has 1 fully saturated rings. The number of carboxylic acids is 1. The van der Waals surface area contributed by atoms with Crippen LogP contribution in [-0.4, -0.2) is 46.8 Å². The molecule has 0 aromatic heterocycles. The molecular weight excluding hydrogens is 272 g/mol. The van der Waals surface area contributed by atoms with Crippen LogP contribution in [0.15, 0.2) is 24.3 Å². The molecular formula is C15H20N2O4. The van der Waals surface area contributed by atoms with Crippen molar-refractivity contribution in [3.8, 4) is 0 Å². The third-order valence-electron chi connectivity index (χ3n) is 3.89. The predicted octanol–water partition coefficient (Wildman–Crippen LogP) is 1.65. The van der Waals surface area contributed by atoms with Crippen LogP contribution in [0, 0.1) is 0 Å². The Balaban J connectivity index is 2.03. The average molecular weight is 292 g/mol. The van der Waals surface area contributed by atoms with Crippen molar-refractivity contribution in [2.24, 2.45) is 0 Å². The fourth-order valence-corrected chi connectivity index (χ4v) is 2.35. The van der Waals surface area contributed by atoms with E-state index >= 15 is 0 Å². The summed E-state index contributed by atoms with van der Waals surface area (Å²) in [6.45, 7) is 2.54. The zero-order valence-electron chi connectivity index (χ0n) is 12.0. The number of benzene rings is 1. The van der Waals surface area contributed by atoms with Crippen molar-refractivity contribution in [3.05, 3.63) is 29.8 Å². The molecule has 1 aliphatic carbocycles. The van der Waals surface area contributed by atoms with Crippen molar-refractivity contribution in [2.75, 3.05) is 25.0 Å². The maximum absolute atomic E-state index is 11.9. The number of hydrogen-bond donors (Lipinski definition) is 3. The van der Waals surface area contributed by atoms with Gasteiger partial charge in [-0.25, -0.2) is 4.79 Å². The third-order valence-corrected chi connectivity index (χ3v) is 3.89. The van der Waals surface area contributed by atoms with Crippen molar-refractivity contribution >= 4 is 17.7 Å². The summed E-state index contributed by atoms with van der Waals surface area (Å²) in [7, 11) is 0. The van der Waals surface area contributed by atoms with E-state index in [0.717, 1.165) is 5.56 Å². The average Bonchev–Trinajstić information content (AvgIpc) is 3.27. The Kier molecular flexibility index (Phi) is 4.47. The van der Waals surface area contributed by atoms with E-state index in [1.807, 2.05) is 6.92 Å². The summed E-state index contributed by atoms with van der Waals surface area (Å²) < 4.78 is 0. The van der Waals surface area contributed by atoms with Gasteiger partial charge in [0.15, 0.2) is 0 Å². The van der Waals surface area contributed by atoms with Crippen molar-refractivity contribution in [2.45, 2.75) is 25.2 Å². The second kappa shape index (κ2) is 6.13. The number of nitrogens with one attached hydrogen (secondary N) is 1. The van der Waals surface area contributed by atoms with Gasteiger partial charge in [-0.3, -0.25) is 4.79 Å². The van der Waals surface area contributed by atoms with Gasteiger partial charge in [0.1, 0.15) is 0 Å². The molecule has 0 atom stereocenters. The Labute approximate surface area is 123 Å². The number of carboxylic acid groups (broad SMARTS) is 1. The summed E-state index contributed by atoms with van der Waals surface area (Å²) in [4.78, 5) is 24.7. The standard InChI is InChI=1S/C15H20N2O4/c1-2-17(9-10-18)14(21)16-12-5-3-11(4-6-12)15(7-8-15)13(19)20/h3-6,18H,2,7-10H2,1H3,(H,16,21)(H,19,20). The van der Waals surface area contributed by atoms with E-state index < -0.39 is 11.4 Å². The lowest BCUT2D eigenvalue weighted by atomic mass is 9.96. The monoisotopic (exact) mass is 292 g/mol. The lowest BCUT2D eigenvalue weighted by molar-refractivity contribution is -0.140. The fraction of sp³-hybridized carbons (Fsp3) is 0.467. The Morgan fingerprint density at radius 2 is 1.90 bits per heavy atom. The van der Waals surface area contributed by atoms with Crippen molar-refractivity contribution in [1.82, 2.24) is 4.90 Å². The number of carbonyl (C=O) groups is 2. The highest BCUT2D eigenvalue weighted by Gasteiger charge is 2.51. The smallest absolute Gasteiger partial charge is 0.321 e. The molecule has 6 nitrogen and oxygen atoms in total. The van der Waals surface area contributed by atoms with Gasteiger partial charge in [-0.1, -0.05) is 12.1 Å². The van der Waals surface area contributed by atoms with E-state index in [2.05, 4.69) is 5.32 Å². The van der Waals surface area contributed by atoms with Crippen molar-refractivity contribution in [3.63, 3.8) is 0 Å². The molecule has 1 aromatic carbocycles. The first-order valence-corrected chi connectivity index (χ1v) is 7.04. The Hall–Kier alpha value is -2.08. The number of rotatable bonds is 6. The highest BCUT2D eigenvalue weighted by Crippen LogP contribution is 2.48. The first-order chi connectivity index (χ1) is 10.0. The van der Waals surface area contributed by atoms with E-state index in [-0.39, 0.29) is 19.2 Å². The van der Waals surface area contributed by atoms with Gasteiger partial charge in [-0.05, 0) is 37.5 Å². The largest absolute Gasteiger partial charge is 0.481 e. The van der Waals surface area contributed by atoms with E-state index in [9.17, 15) is 14.7 Å². The molecule has 0 saturated heterocycles. The fourth-order valence-electron chi connectivity index (χ4n) is 2.35. The summed E-state index contributed by atoms with van der Waals surface area (Å²) in [6, 6.07) is 6.64. The van der Waals surface area contributed by atoms with Crippen LogP contribution in [0.4, 0.5) is 10.5 Å². The van der Waals surface area contributed by atoms with Gasteiger partial charge < -0.3 is 20.4 Å². The van der Waals surface area contributed by atoms with Gasteiger partial charge >= 0.3 is 12.0 Å². The minimum Gasteiger partial charge on any atom is -0.481 e. The normalized spacial score (nSPS) is 15.3. The molecule has 21 heavy (non-hydrogen) atoms. The first kappa shape index (κ1) is 15.3. The molecule has 0 aliphatic heterocycles. The first-order valence-electron chi connectivity index (χ1n) is 7.04. The van der Waals surface area contributed by atoms with Gasteiger partial charge in [0.05, 0.1) is 12.0 Å². The number of carbonyl (C=O) groups excluding carboxylic acids is 1. The molecule has 0 spiro atoms. The molecule has 0 unspecified atom stereocenters. The summed E-state index contributed by atoms with van der Waals surface area (Å²) in [5.74, 6) is -0.792. The number of hydrogen-bond acceptors (Lipinski definition) is 3. The number of aliphatic carboxylic acids is 1. The molecule has 0 heterocycles. The highest BCUT2D eigenvalue weighted by atomic mass is 16.4. The van der Waals surface area contributed by atoms with Crippen LogP contribution >= 0.6 is 0 Å². The Morgan fingerprint density at radius 3 is 2.33 bits per heavy atom. The van der Waals surface area contributed by atoms with Crippen molar-refractivity contribution < 1.29 is 19.8 Å². The van der Waals surface area contributed by atoms with Crippen LogP contribution in [0.2, 0.25) is 0 Å². The summed E-state index contributed by atoms with van der Waals surface area (Å²) >= 11 is 0. The van der Waals surface area contributed by atoms with E-state index in [4.69, 9.17) is 5.11 Å². The third kappa shape index (κ3) is 3.16. The zero-order chi connectivity index (χ0) is 15.5. The van der Waals surface area contributed by atoms with Crippen LogP contribution in [0.3, 0.4) is 0 Å². The van der Waals surface area contributed by atoms with Gasteiger partial charge in [0.25, 0.3) is 0 Å². The van der Waals surface area contributed by atoms with Crippen LogP contribution in [0.25, 0.3) is 0 Å². The molecule has 6 heteroatoms. The second-order valence-electron chi connectivity index (χ2n) is 5.20. The summed E-state index contributed by atoms with van der Waals surface area (Å²) in [6.07, 6.45) is 1.32. The van der Waals surface area contributed by atoms with Gasteiger partial charge in [0.2, 0.25) is 0 Å². The van der Waals surface area contributed by atoms with Gasteiger partial charge in [-0.15, -0.1) is 0 Å². The van der Waals surface area contributed by atoms with Crippen LogP contribution in [-0.2, 0) is 10.2 Å². The quantitative estimate of drug-likeness (QED) is 0.743. The van der Waals surface area contributed by atoms with Crippen LogP contribution in [0.1, 0.15) is 25.3 Å². The van der Waals surface area contributed by atoms with Gasteiger partial charge in [-0.2, -0.15) is 0 Å². The molecule has 1 saturated carbocycles. The van der Waals surface area contributed by atoms with Crippen molar-refractivity contribution in [1.29, 1.82) is 0 Å². The number of aliphatic hydroxyl groups is 1. The van der Waals surface area contributed by atoms with Gasteiger partial charge in [0, 0.05) is 18.8 Å². The number of anilines is 1. The maximum Gasteiger partial charge on any atom is 0.321 e. The Bertz CT molecular complexity index is 523. The number of likely N-dealkylation sites (N-methyl/N-ethyl adjacent to an activating group) is 1. The summed E-state index contributed by atoms with van der Waals surface area (Å²) in [5, 5.41) is 20.9. The molecule has 1 aromatic rings. The van der Waals surface area contributed by atoms with E-state index in [0.29, 0.717) is 25.1 Å². The molecule has 2 amide bonds. The van der Waals surface area contributed by atoms with Crippen LogP contribution < -0.4 is 5.32 Å². The number of nitrogens with zero attached hydrogens (tertiary/aromatic N) is 1.